The van der Waals surface area contributed by atoms with Gasteiger partial charge in [0.05, 0.1) is 0 Å². The predicted octanol–water partition coefficient (Wildman–Crippen LogP) is 2.76. The highest BCUT2D eigenvalue weighted by Crippen LogP contribution is 2.44. The predicted molar refractivity (Wildman–Crippen MR) is 128 cm³/mol. The van der Waals surface area contributed by atoms with Crippen molar-refractivity contribution in [1.82, 2.24) is 15.6 Å². The molecule has 9 heteroatoms. The average molecular weight is 476 g/mol. The SMILES string of the molecule is O=C(CC[C@H](NC(=O)OCC1c2ccccc2-c2ccccc21)C(=O)O)NCc1cc[nH]c(=O)c1. The lowest BCUT2D eigenvalue weighted by molar-refractivity contribution is -0.139. The highest BCUT2D eigenvalue weighted by Gasteiger charge is 2.29. The Hall–Kier alpha value is -4.40. The molecule has 1 aromatic heterocycles. The van der Waals surface area contributed by atoms with Gasteiger partial charge in [0.25, 0.3) is 0 Å². The van der Waals surface area contributed by atoms with E-state index in [4.69, 9.17) is 4.74 Å². The van der Waals surface area contributed by atoms with Gasteiger partial charge in [0, 0.05) is 31.1 Å². The van der Waals surface area contributed by atoms with Crippen LogP contribution < -0.4 is 16.2 Å². The minimum atomic E-state index is -1.28. The summed E-state index contributed by atoms with van der Waals surface area (Å²) < 4.78 is 5.40. The van der Waals surface area contributed by atoms with Gasteiger partial charge in [0.15, 0.2) is 0 Å². The standard InChI is InChI=1S/C26H25N3O6/c30-23(28-14-16-11-12-27-24(31)13-16)10-9-22(25(32)33)29-26(34)35-15-21-19-7-3-1-5-17(19)18-6-2-4-8-20(18)21/h1-8,11-13,21-22H,9-10,14-15H2,(H,27,31)(H,28,30)(H,29,34)(H,32,33)/t22-/m0/s1. The maximum atomic E-state index is 12.4. The summed E-state index contributed by atoms with van der Waals surface area (Å²) in [7, 11) is 0. The molecular weight excluding hydrogens is 450 g/mol. The Labute approximate surface area is 201 Å². The highest BCUT2D eigenvalue weighted by molar-refractivity contribution is 5.82. The smallest absolute Gasteiger partial charge is 0.407 e. The molecule has 0 unspecified atom stereocenters. The van der Waals surface area contributed by atoms with E-state index >= 15 is 0 Å². The fourth-order valence-corrected chi connectivity index (χ4v) is 4.20. The van der Waals surface area contributed by atoms with Gasteiger partial charge in [-0.1, -0.05) is 48.5 Å². The van der Waals surface area contributed by atoms with Crippen molar-refractivity contribution in [3.8, 4) is 11.1 Å². The Morgan fingerprint density at radius 3 is 2.29 bits per heavy atom. The van der Waals surface area contributed by atoms with Crippen molar-refractivity contribution in [2.24, 2.45) is 0 Å². The van der Waals surface area contributed by atoms with E-state index in [1.165, 1.54) is 12.3 Å². The largest absolute Gasteiger partial charge is 0.480 e. The number of nitrogens with one attached hydrogen (secondary N) is 3. The van der Waals surface area contributed by atoms with Crippen LogP contribution in [0.1, 0.15) is 35.4 Å². The molecule has 1 atom stereocenters. The van der Waals surface area contributed by atoms with Crippen LogP contribution in [0.5, 0.6) is 0 Å². The number of aromatic amines is 1. The first-order valence-electron chi connectivity index (χ1n) is 11.2. The number of carboxylic acids is 1. The third-order valence-electron chi connectivity index (χ3n) is 5.92. The van der Waals surface area contributed by atoms with Crippen molar-refractivity contribution in [2.45, 2.75) is 31.3 Å². The number of aromatic nitrogens is 1. The third-order valence-corrected chi connectivity index (χ3v) is 5.92. The number of amides is 2. The van der Waals surface area contributed by atoms with Crippen LogP contribution in [0.3, 0.4) is 0 Å². The molecule has 0 spiro atoms. The van der Waals surface area contributed by atoms with Crippen molar-refractivity contribution in [3.63, 3.8) is 0 Å². The van der Waals surface area contributed by atoms with Crippen molar-refractivity contribution in [2.75, 3.05) is 6.61 Å². The minimum absolute atomic E-state index is 0.0584. The van der Waals surface area contributed by atoms with Crippen LogP contribution in [0.2, 0.25) is 0 Å². The van der Waals surface area contributed by atoms with Crippen LogP contribution in [0.25, 0.3) is 11.1 Å². The quantitative estimate of drug-likeness (QED) is 0.376. The first kappa shape index (κ1) is 23.7. The number of ether oxygens (including phenoxy) is 1. The molecule has 3 aromatic rings. The molecule has 1 aliphatic rings. The molecule has 0 radical (unpaired) electrons. The monoisotopic (exact) mass is 475 g/mol. The second kappa shape index (κ2) is 10.7. The fraction of sp³-hybridized carbons (Fsp3) is 0.231. The van der Waals surface area contributed by atoms with Gasteiger partial charge in [-0.3, -0.25) is 9.59 Å². The zero-order chi connectivity index (χ0) is 24.8. The number of aliphatic carboxylic acids is 1. The molecule has 0 saturated heterocycles. The average Bonchev–Trinajstić information content (AvgIpc) is 3.17. The lowest BCUT2D eigenvalue weighted by Crippen LogP contribution is -2.42. The molecule has 4 N–H and O–H groups in total. The normalized spacial score (nSPS) is 12.8. The first-order valence-corrected chi connectivity index (χ1v) is 11.2. The molecule has 35 heavy (non-hydrogen) atoms. The van der Waals surface area contributed by atoms with E-state index in [2.05, 4.69) is 15.6 Å². The van der Waals surface area contributed by atoms with E-state index in [9.17, 15) is 24.3 Å². The molecule has 1 aliphatic carbocycles. The summed E-state index contributed by atoms with van der Waals surface area (Å²) in [6.07, 6.45) is 0.385. The van der Waals surface area contributed by atoms with Gasteiger partial charge in [-0.25, -0.2) is 9.59 Å². The minimum Gasteiger partial charge on any atom is -0.480 e. The number of fused-ring (bicyclic) bond motifs is 3. The number of carboxylic acid groups (broad SMARTS) is 1. The summed E-state index contributed by atoms with van der Waals surface area (Å²) in [6.45, 7) is 0.198. The summed E-state index contributed by atoms with van der Waals surface area (Å²) >= 11 is 0. The molecule has 0 aliphatic heterocycles. The van der Waals surface area contributed by atoms with E-state index in [1.807, 2.05) is 48.5 Å². The number of benzene rings is 2. The molecule has 0 saturated carbocycles. The number of carbonyl (C=O) groups is 3. The summed E-state index contributed by atoms with van der Waals surface area (Å²) in [5, 5.41) is 14.4. The zero-order valence-electron chi connectivity index (χ0n) is 18.8. The Morgan fingerprint density at radius 1 is 1.00 bits per heavy atom. The summed E-state index contributed by atoms with van der Waals surface area (Å²) in [5.41, 5.74) is 4.61. The molecule has 0 fully saturated rings. The van der Waals surface area contributed by atoms with Gasteiger partial charge in [-0.05, 0) is 40.3 Å². The molecule has 0 bridgehead atoms. The van der Waals surface area contributed by atoms with Crippen molar-refractivity contribution < 1.29 is 24.2 Å². The number of rotatable bonds is 9. The Bertz CT molecular complexity index is 1260. The van der Waals surface area contributed by atoms with Crippen LogP contribution in [0.15, 0.2) is 71.7 Å². The number of hydrogen-bond donors (Lipinski definition) is 4. The molecule has 180 valence electrons. The Balaban J connectivity index is 1.29. The van der Waals surface area contributed by atoms with Crippen LogP contribution >= 0.6 is 0 Å². The summed E-state index contributed by atoms with van der Waals surface area (Å²) in [6, 6.07) is 17.5. The Morgan fingerprint density at radius 2 is 1.66 bits per heavy atom. The van der Waals surface area contributed by atoms with Gasteiger partial charge in [0.2, 0.25) is 11.5 Å². The lowest BCUT2D eigenvalue weighted by Gasteiger charge is -2.17. The van der Waals surface area contributed by atoms with Gasteiger partial charge >= 0.3 is 12.1 Å². The van der Waals surface area contributed by atoms with Gasteiger partial charge in [0.1, 0.15) is 12.6 Å². The van der Waals surface area contributed by atoms with Crippen molar-refractivity contribution in [3.05, 3.63) is 93.9 Å². The van der Waals surface area contributed by atoms with Crippen molar-refractivity contribution >= 4 is 18.0 Å². The van der Waals surface area contributed by atoms with Crippen molar-refractivity contribution in [1.29, 1.82) is 0 Å². The van der Waals surface area contributed by atoms with E-state index in [1.54, 1.807) is 6.07 Å². The van der Waals surface area contributed by atoms with Crippen LogP contribution in [0.4, 0.5) is 4.79 Å². The number of alkyl carbamates (subject to hydrolysis) is 1. The zero-order valence-corrected chi connectivity index (χ0v) is 18.8. The third kappa shape index (κ3) is 5.75. The second-order valence-corrected chi connectivity index (χ2v) is 8.24. The number of carbonyl (C=O) groups excluding carboxylic acids is 2. The van der Waals surface area contributed by atoms with Crippen LogP contribution in [-0.2, 0) is 20.9 Å². The second-order valence-electron chi connectivity index (χ2n) is 8.24. The first-order chi connectivity index (χ1) is 16.9. The van der Waals surface area contributed by atoms with Gasteiger partial charge in [-0.2, -0.15) is 0 Å². The van der Waals surface area contributed by atoms with E-state index in [0.29, 0.717) is 5.56 Å². The molecule has 2 aromatic carbocycles. The summed E-state index contributed by atoms with van der Waals surface area (Å²) in [5.74, 6) is -1.81. The maximum absolute atomic E-state index is 12.4. The fourth-order valence-electron chi connectivity index (χ4n) is 4.20. The lowest BCUT2D eigenvalue weighted by atomic mass is 9.98. The topological polar surface area (TPSA) is 138 Å². The van der Waals surface area contributed by atoms with E-state index in [-0.39, 0.29) is 37.5 Å². The molecule has 2 amide bonds. The van der Waals surface area contributed by atoms with Crippen LogP contribution in [-0.4, -0.2) is 40.7 Å². The van der Waals surface area contributed by atoms with Gasteiger partial charge in [-0.15, -0.1) is 0 Å². The van der Waals surface area contributed by atoms with Crippen LogP contribution in [0, 0.1) is 0 Å². The Kier molecular flexibility index (Phi) is 7.25. The van der Waals surface area contributed by atoms with E-state index in [0.717, 1.165) is 22.3 Å². The number of hydrogen-bond acceptors (Lipinski definition) is 5. The molecular formula is C26H25N3O6. The van der Waals surface area contributed by atoms with Gasteiger partial charge < -0.3 is 25.5 Å². The highest BCUT2D eigenvalue weighted by atomic mass is 16.5. The van der Waals surface area contributed by atoms with E-state index < -0.39 is 24.0 Å². The number of pyridine rings is 1. The number of H-pyrrole nitrogens is 1. The molecule has 1 heterocycles. The molecule has 9 nitrogen and oxygen atoms in total. The molecule has 4 rings (SSSR count). The maximum Gasteiger partial charge on any atom is 0.407 e. The summed E-state index contributed by atoms with van der Waals surface area (Å²) in [4.78, 5) is 49.9.